The molecule has 26 heavy (non-hydrogen) atoms. The highest BCUT2D eigenvalue weighted by atomic mass is 16.5. The Morgan fingerprint density at radius 1 is 1.23 bits per heavy atom. The largest absolute Gasteiger partial charge is 0.488 e. The Hall–Kier alpha value is -2.57. The number of nitrogens with zero attached hydrogens (tertiary/aromatic N) is 4. The van der Waals surface area contributed by atoms with Gasteiger partial charge in [0.05, 0.1) is 0 Å². The highest BCUT2D eigenvalue weighted by Crippen LogP contribution is 2.22. The van der Waals surface area contributed by atoms with Crippen LogP contribution in [0.4, 0.5) is 0 Å². The zero-order valence-corrected chi connectivity index (χ0v) is 16.4. The monoisotopic (exact) mass is 358 g/mol. The Bertz CT molecular complexity index is 717. The fourth-order valence-corrected chi connectivity index (χ4v) is 2.51. The highest BCUT2D eigenvalue weighted by Gasteiger charge is 2.14. The van der Waals surface area contributed by atoms with Gasteiger partial charge in [0.25, 0.3) is 0 Å². The van der Waals surface area contributed by atoms with Crippen LogP contribution in [0.3, 0.4) is 0 Å². The molecule has 0 amide bonds. The third-order valence-electron chi connectivity index (χ3n) is 3.72. The van der Waals surface area contributed by atoms with Crippen molar-refractivity contribution < 1.29 is 4.74 Å². The molecule has 2 N–H and O–H groups in total. The van der Waals surface area contributed by atoms with E-state index in [0.717, 1.165) is 42.6 Å². The van der Waals surface area contributed by atoms with Gasteiger partial charge in [-0.1, -0.05) is 25.1 Å². The Balaban J connectivity index is 1.87. The zero-order valence-electron chi connectivity index (χ0n) is 16.4. The van der Waals surface area contributed by atoms with E-state index in [-0.39, 0.29) is 5.60 Å². The second kappa shape index (κ2) is 9.22. The lowest BCUT2D eigenvalue weighted by Crippen LogP contribution is -2.38. The molecule has 0 fully saturated rings. The molecule has 1 aromatic carbocycles. The summed E-state index contributed by atoms with van der Waals surface area (Å²) in [6.07, 6.45) is 2.63. The molecular weight excluding hydrogens is 328 g/mol. The number of guanidine groups is 1. The molecule has 0 aliphatic carbocycles. The number of benzene rings is 1. The predicted molar refractivity (Wildman–Crippen MR) is 104 cm³/mol. The van der Waals surface area contributed by atoms with E-state index in [1.165, 1.54) is 0 Å². The summed E-state index contributed by atoms with van der Waals surface area (Å²) in [7, 11) is 1.77. The zero-order chi connectivity index (χ0) is 19.0. The summed E-state index contributed by atoms with van der Waals surface area (Å²) in [5.74, 6) is 2.63. The third-order valence-corrected chi connectivity index (χ3v) is 3.72. The molecule has 2 rings (SSSR count). The molecule has 0 atom stereocenters. The molecule has 1 heterocycles. The second-order valence-electron chi connectivity index (χ2n) is 6.97. The minimum absolute atomic E-state index is 0.230. The molecule has 2 aromatic rings. The molecule has 1 aromatic heterocycles. The first-order chi connectivity index (χ1) is 12.4. The number of para-hydroxylation sites is 1. The molecule has 0 saturated heterocycles. The molecule has 0 aliphatic heterocycles. The maximum absolute atomic E-state index is 6.04. The first kappa shape index (κ1) is 19.8. The molecule has 7 nitrogen and oxygen atoms in total. The number of aromatic nitrogens is 3. The van der Waals surface area contributed by atoms with Crippen LogP contribution in [0.5, 0.6) is 5.75 Å². The lowest BCUT2D eigenvalue weighted by molar-refractivity contribution is 0.129. The molecule has 0 saturated carbocycles. The standard InChI is InChI=1S/C19H30N6O/c1-6-17-24-23-14-25(17)12-11-21-18(20-5)22-13-15-9-7-8-10-16(15)26-19(2,3)4/h7-10,14H,6,11-13H2,1-5H3,(H2,20,21,22). The van der Waals surface area contributed by atoms with E-state index in [1.807, 2.05) is 43.5 Å². The van der Waals surface area contributed by atoms with Gasteiger partial charge in [-0.15, -0.1) is 10.2 Å². The van der Waals surface area contributed by atoms with Gasteiger partial charge in [0.1, 0.15) is 23.5 Å². The fraction of sp³-hybridized carbons (Fsp3) is 0.526. The molecule has 142 valence electrons. The molecule has 0 aliphatic rings. The van der Waals surface area contributed by atoms with E-state index in [4.69, 9.17) is 4.74 Å². The van der Waals surface area contributed by atoms with E-state index < -0.39 is 0 Å². The number of hydrogen-bond donors (Lipinski definition) is 2. The van der Waals surface area contributed by atoms with Crippen molar-refractivity contribution in [3.8, 4) is 5.75 Å². The summed E-state index contributed by atoms with van der Waals surface area (Å²) < 4.78 is 8.09. The third kappa shape index (κ3) is 6.06. The maximum Gasteiger partial charge on any atom is 0.191 e. The summed E-state index contributed by atoms with van der Waals surface area (Å²) in [4.78, 5) is 4.28. The van der Waals surface area contributed by atoms with Crippen LogP contribution < -0.4 is 15.4 Å². The van der Waals surface area contributed by atoms with Gasteiger partial charge < -0.3 is 19.9 Å². The Kier molecular flexibility index (Phi) is 7.00. The van der Waals surface area contributed by atoms with Crippen molar-refractivity contribution in [1.82, 2.24) is 25.4 Å². The minimum Gasteiger partial charge on any atom is -0.488 e. The van der Waals surface area contributed by atoms with Crippen molar-refractivity contribution in [2.45, 2.75) is 52.8 Å². The van der Waals surface area contributed by atoms with Crippen LogP contribution in [0.1, 0.15) is 39.1 Å². The van der Waals surface area contributed by atoms with Crippen molar-refractivity contribution in [3.63, 3.8) is 0 Å². The average Bonchev–Trinajstić information content (AvgIpc) is 3.05. The number of ether oxygens (including phenoxy) is 1. The smallest absolute Gasteiger partial charge is 0.191 e. The van der Waals surface area contributed by atoms with E-state index in [1.54, 1.807) is 13.4 Å². The first-order valence-electron chi connectivity index (χ1n) is 9.01. The van der Waals surface area contributed by atoms with Gasteiger partial charge in [-0.05, 0) is 26.8 Å². The van der Waals surface area contributed by atoms with Crippen molar-refractivity contribution in [2.24, 2.45) is 4.99 Å². The van der Waals surface area contributed by atoms with E-state index in [0.29, 0.717) is 6.54 Å². The van der Waals surface area contributed by atoms with Crippen molar-refractivity contribution >= 4 is 5.96 Å². The molecule has 0 unspecified atom stereocenters. The lowest BCUT2D eigenvalue weighted by atomic mass is 10.1. The summed E-state index contributed by atoms with van der Waals surface area (Å²) in [5.41, 5.74) is 0.865. The summed E-state index contributed by atoms with van der Waals surface area (Å²) in [6.45, 7) is 10.4. The van der Waals surface area contributed by atoms with Gasteiger partial charge in [-0.2, -0.15) is 0 Å². The SMILES string of the molecule is CCc1nncn1CCNC(=NC)NCc1ccccc1OC(C)(C)C. The number of nitrogens with one attached hydrogen (secondary N) is 2. The molecule has 0 spiro atoms. The van der Waals surface area contributed by atoms with Crippen LogP contribution in [0.25, 0.3) is 0 Å². The van der Waals surface area contributed by atoms with E-state index >= 15 is 0 Å². The van der Waals surface area contributed by atoms with Gasteiger partial charge >= 0.3 is 0 Å². The number of aryl methyl sites for hydroxylation is 1. The van der Waals surface area contributed by atoms with Crippen molar-refractivity contribution in [3.05, 3.63) is 42.0 Å². The number of rotatable bonds is 7. The Labute approximate surface area is 155 Å². The normalized spacial score (nSPS) is 12.1. The van der Waals surface area contributed by atoms with Gasteiger partial charge in [0.15, 0.2) is 5.96 Å². The van der Waals surface area contributed by atoms with Gasteiger partial charge in [0.2, 0.25) is 0 Å². The summed E-state index contributed by atoms with van der Waals surface area (Å²) in [6, 6.07) is 8.06. The highest BCUT2D eigenvalue weighted by molar-refractivity contribution is 5.79. The van der Waals surface area contributed by atoms with Crippen molar-refractivity contribution in [2.75, 3.05) is 13.6 Å². The predicted octanol–water partition coefficient (Wildman–Crippen LogP) is 2.38. The number of hydrogen-bond acceptors (Lipinski definition) is 4. The van der Waals surface area contributed by atoms with Crippen LogP contribution in [-0.2, 0) is 19.5 Å². The average molecular weight is 358 g/mol. The van der Waals surface area contributed by atoms with Gasteiger partial charge in [-0.3, -0.25) is 4.99 Å². The van der Waals surface area contributed by atoms with Crippen LogP contribution in [0, 0.1) is 0 Å². The molecule has 7 heteroatoms. The number of aliphatic imine (C=N–C) groups is 1. The van der Waals surface area contributed by atoms with Crippen LogP contribution in [0.15, 0.2) is 35.6 Å². The Morgan fingerprint density at radius 2 is 2.00 bits per heavy atom. The first-order valence-corrected chi connectivity index (χ1v) is 9.01. The maximum atomic E-state index is 6.04. The van der Waals surface area contributed by atoms with E-state index in [2.05, 4.69) is 38.8 Å². The van der Waals surface area contributed by atoms with Crippen LogP contribution >= 0.6 is 0 Å². The molecule has 0 bridgehead atoms. The molecule has 0 radical (unpaired) electrons. The van der Waals surface area contributed by atoms with Crippen LogP contribution in [-0.4, -0.2) is 39.9 Å². The molecular formula is C19H30N6O. The second-order valence-corrected chi connectivity index (χ2v) is 6.97. The Morgan fingerprint density at radius 3 is 2.69 bits per heavy atom. The van der Waals surface area contributed by atoms with Crippen molar-refractivity contribution in [1.29, 1.82) is 0 Å². The van der Waals surface area contributed by atoms with Crippen LogP contribution in [0.2, 0.25) is 0 Å². The topological polar surface area (TPSA) is 76.4 Å². The minimum atomic E-state index is -0.230. The van der Waals surface area contributed by atoms with E-state index in [9.17, 15) is 0 Å². The summed E-state index contributed by atoms with van der Waals surface area (Å²) in [5, 5.41) is 14.7. The summed E-state index contributed by atoms with van der Waals surface area (Å²) >= 11 is 0. The quantitative estimate of drug-likeness (QED) is 0.587. The fourth-order valence-electron chi connectivity index (χ4n) is 2.51. The van der Waals surface area contributed by atoms with Gasteiger partial charge in [0, 0.05) is 38.7 Å². The van der Waals surface area contributed by atoms with Gasteiger partial charge in [-0.25, -0.2) is 0 Å². The lowest BCUT2D eigenvalue weighted by Gasteiger charge is -2.23.